The second-order valence-electron chi connectivity index (χ2n) is 12.6. The van der Waals surface area contributed by atoms with E-state index in [9.17, 15) is 14.7 Å². The van der Waals surface area contributed by atoms with Crippen LogP contribution in [0.5, 0.6) is 0 Å². The van der Waals surface area contributed by atoms with Gasteiger partial charge in [0, 0.05) is 31.1 Å². The number of carboxylic acids is 1. The molecule has 1 aliphatic rings. The molecule has 6 aromatic rings. The Bertz CT molecular complexity index is 2130. The maximum atomic E-state index is 14.0. The Balaban J connectivity index is 1.35. The lowest BCUT2D eigenvalue weighted by Crippen LogP contribution is -2.40. The number of hydrogen-bond donors (Lipinski definition) is 1. The number of thiophene rings is 1. The number of likely N-dealkylation sites (N-methyl/N-ethyl adjacent to an activating group) is 1. The molecule has 1 N–H and O–H groups in total. The van der Waals surface area contributed by atoms with E-state index in [1.807, 2.05) is 72.8 Å². The molecule has 1 unspecified atom stereocenters. The Morgan fingerprint density at radius 1 is 1.00 bits per heavy atom. The summed E-state index contributed by atoms with van der Waals surface area (Å²) in [6, 6.07) is 22.1. The van der Waals surface area contributed by atoms with Gasteiger partial charge in [0.15, 0.2) is 0 Å². The number of piperidine rings is 1. The third kappa shape index (κ3) is 6.08. The molecule has 7 rings (SSSR count). The van der Waals surface area contributed by atoms with Crippen molar-refractivity contribution in [3.63, 3.8) is 0 Å². The van der Waals surface area contributed by atoms with Gasteiger partial charge in [0.1, 0.15) is 11.4 Å². The number of pyridine rings is 1. The van der Waals surface area contributed by atoms with Crippen molar-refractivity contribution < 1.29 is 14.7 Å². The Labute approximate surface area is 281 Å². The van der Waals surface area contributed by atoms with E-state index in [2.05, 4.69) is 35.1 Å². The Morgan fingerprint density at radius 3 is 2.53 bits per heavy atom. The number of hydrogen-bond acceptors (Lipinski definition) is 7. The van der Waals surface area contributed by atoms with Crippen LogP contribution in [0, 0.1) is 19.8 Å². The highest BCUT2D eigenvalue weighted by Gasteiger charge is 2.27. The molecule has 2 aromatic carbocycles. The van der Waals surface area contributed by atoms with Crippen LogP contribution in [0.15, 0.2) is 66.7 Å². The van der Waals surface area contributed by atoms with Gasteiger partial charge in [0.2, 0.25) is 5.91 Å². The predicted molar refractivity (Wildman–Crippen MR) is 191 cm³/mol. The summed E-state index contributed by atoms with van der Waals surface area (Å²) in [5.41, 5.74) is 7.26. The van der Waals surface area contributed by atoms with Crippen molar-refractivity contribution in [1.82, 2.24) is 24.3 Å². The van der Waals surface area contributed by atoms with Crippen molar-refractivity contribution in [2.75, 3.05) is 33.7 Å². The van der Waals surface area contributed by atoms with E-state index in [0.717, 1.165) is 90.7 Å². The maximum absolute atomic E-state index is 14.0. The fourth-order valence-electron chi connectivity index (χ4n) is 6.90. The minimum absolute atomic E-state index is 0.00128. The number of rotatable bonds is 8. The van der Waals surface area contributed by atoms with E-state index in [1.165, 1.54) is 11.3 Å². The van der Waals surface area contributed by atoms with Crippen molar-refractivity contribution in [3.8, 4) is 33.0 Å². The lowest BCUT2D eigenvalue weighted by molar-refractivity contribution is -0.131. The number of benzene rings is 2. The second-order valence-corrected chi connectivity index (χ2v) is 14.9. The zero-order valence-electron chi connectivity index (χ0n) is 27.0. The third-order valence-corrected chi connectivity index (χ3v) is 11.3. The van der Waals surface area contributed by atoms with Gasteiger partial charge >= 0.3 is 5.97 Å². The molecular weight excluding hydrogens is 627 g/mol. The summed E-state index contributed by atoms with van der Waals surface area (Å²) in [4.78, 5) is 41.2. The van der Waals surface area contributed by atoms with E-state index in [0.29, 0.717) is 12.5 Å². The number of thiazole rings is 1. The first-order chi connectivity index (χ1) is 22.7. The number of nitrogens with zero attached hydrogens (tertiary/aromatic N) is 5. The molecule has 47 heavy (non-hydrogen) atoms. The molecule has 1 aliphatic heterocycles. The number of carbonyl (C=O) groups excluding carboxylic acids is 1. The summed E-state index contributed by atoms with van der Waals surface area (Å²) < 4.78 is 2.89. The molecule has 0 spiro atoms. The molecule has 0 saturated carbocycles. The molecule has 0 radical (unpaired) electrons. The Morgan fingerprint density at radius 2 is 1.81 bits per heavy atom. The monoisotopic (exact) mass is 663 g/mol. The normalized spacial score (nSPS) is 15.4. The van der Waals surface area contributed by atoms with Crippen molar-refractivity contribution >= 4 is 55.7 Å². The van der Waals surface area contributed by atoms with Crippen LogP contribution in [-0.2, 0) is 11.3 Å². The lowest BCUT2D eigenvalue weighted by Gasteiger charge is -2.32. The van der Waals surface area contributed by atoms with Gasteiger partial charge in [-0.2, -0.15) is 0 Å². The third-order valence-electron chi connectivity index (χ3n) is 9.08. The van der Waals surface area contributed by atoms with Crippen molar-refractivity contribution in [2.24, 2.45) is 5.92 Å². The fourth-order valence-corrected chi connectivity index (χ4v) is 8.86. The predicted octanol–water partition coefficient (Wildman–Crippen LogP) is 7.82. The Hall–Kier alpha value is -4.38. The molecule has 1 amide bonds. The number of aromatic carboxylic acids is 1. The van der Waals surface area contributed by atoms with Crippen LogP contribution in [0.2, 0.25) is 0 Å². The summed E-state index contributed by atoms with van der Waals surface area (Å²) in [6.45, 7) is 6.90. The van der Waals surface area contributed by atoms with Crippen LogP contribution in [0.1, 0.15) is 33.2 Å². The van der Waals surface area contributed by atoms with Crippen LogP contribution in [-0.4, -0.2) is 75.0 Å². The second kappa shape index (κ2) is 12.7. The van der Waals surface area contributed by atoms with E-state index in [4.69, 9.17) is 4.98 Å². The molecule has 1 saturated heterocycles. The van der Waals surface area contributed by atoms with Crippen LogP contribution < -0.4 is 0 Å². The van der Waals surface area contributed by atoms with Crippen LogP contribution >= 0.6 is 22.7 Å². The number of carbonyl (C=O) groups is 2. The summed E-state index contributed by atoms with van der Waals surface area (Å²) in [6.07, 6.45) is 2.25. The smallest absolute Gasteiger partial charge is 0.345 e. The largest absolute Gasteiger partial charge is 0.477 e. The SMILES string of the molecule is Cc1nc(C)c(-c2ccc3cc(-c4c(-c5ccccc5)c5sc(C(=O)O)cc5n4CC(=O)N(C)CC4CCCN(C)C4)ccc3n2)s1. The van der Waals surface area contributed by atoms with Crippen LogP contribution in [0.25, 0.3) is 54.1 Å². The van der Waals surface area contributed by atoms with Crippen molar-refractivity contribution in [2.45, 2.75) is 33.2 Å². The summed E-state index contributed by atoms with van der Waals surface area (Å²) in [5.74, 6) is -0.537. The molecule has 1 fully saturated rings. The van der Waals surface area contributed by atoms with E-state index in [1.54, 1.807) is 17.4 Å². The summed E-state index contributed by atoms with van der Waals surface area (Å²) >= 11 is 2.91. The van der Waals surface area contributed by atoms with Gasteiger partial charge in [-0.05, 0) is 81.6 Å². The van der Waals surface area contributed by atoms with Crippen molar-refractivity contribution in [3.05, 3.63) is 82.3 Å². The molecule has 8 nitrogen and oxygen atoms in total. The highest BCUT2D eigenvalue weighted by atomic mass is 32.1. The van der Waals surface area contributed by atoms with Crippen molar-refractivity contribution in [1.29, 1.82) is 0 Å². The lowest BCUT2D eigenvalue weighted by atomic mass is 9.98. The summed E-state index contributed by atoms with van der Waals surface area (Å²) in [7, 11) is 4.02. The molecule has 10 heteroatoms. The standard InChI is InChI=1S/C37H37N5O3S2/c1-22-35(46-23(2)38-22)29-15-12-26-17-27(13-14-28(26)39-29)34-33(25-10-6-5-7-11-25)36-30(18-31(47-36)37(44)45)42(34)21-32(43)41(4)20-24-9-8-16-40(3)19-24/h5-7,10-15,17-18,24H,8-9,16,19-21H2,1-4H3,(H,44,45). The zero-order chi connectivity index (χ0) is 32.8. The van der Waals surface area contributed by atoms with Gasteiger partial charge in [-0.25, -0.2) is 14.8 Å². The van der Waals surface area contributed by atoms with E-state index >= 15 is 0 Å². The van der Waals surface area contributed by atoms with E-state index < -0.39 is 5.97 Å². The van der Waals surface area contributed by atoms with E-state index in [-0.39, 0.29) is 17.3 Å². The molecule has 1 atom stereocenters. The first-order valence-corrected chi connectivity index (χ1v) is 17.5. The number of likely N-dealkylation sites (tertiary alicyclic amines) is 1. The number of amides is 1. The van der Waals surface area contributed by atoms with Gasteiger partial charge in [-0.15, -0.1) is 22.7 Å². The number of fused-ring (bicyclic) bond motifs is 2. The highest BCUT2D eigenvalue weighted by molar-refractivity contribution is 7.21. The number of aromatic nitrogens is 3. The maximum Gasteiger partial charge on any atom is 0.345 e. The van der Waals surface area contributed by atoms with Gasteiger partial charge < -0.3 is 19.5 Å². The van der Waals surface area contributed by atoms with Gasteiger partial charge in [0.05, 0.1) is 42.7 Å². The summed E-state index contributed by atoms with van der Waals surface area (Å²) in [5, 5.41) is 12.0. The van der Waals surface area contributed by atoms with Crippen LogP contribution in [0.4, 0.5) is 0 Å². The highest BCUT2D eigenvalue weighted by Crippen LogP contribution is 2.45. The number of carboxylic acid groups (broad SMARTS) is 1. The average Bonchev–Trinajstić information content (AvgIpc) is 3.73. The molecule has 240 valence electrons. The van der Waals surface area contributed by atoms with Gasteiger partial charge in [-0.1, -0.05) is 42.5 Å². The molecule has 0 bridgehead atoms. The van der Waals surface area contributed by atoms with Gasteiger partial charge in [-0.3, -0.25) is 4.79 Å². The topological polar surface area (TPSA) is 91.6 Å². The van der Waals surface area contributed by atoms with Crippen LogP contribution in [0.3, 0.4) is 0 Å². The molecule has 0 aliphatic carbocycles. The minimum Gasteiger partial charge on any atom is -0.477 e. The Kier molecular flexibility index (Phi) is 8.42. The molecular formula is C37H37N5O3S2. The minimum atomic E-state index is -0.970. The first-order valence-electron chi connectivity index (χ1n) is 15.9. The van der Waals surface area contributed by atoms with Gasteiger partial charge in [0.25, 0.3) is 0 Å². The zero-order valence-corrected chi connectivity index (χ0v) is 28.6. The fraction of sp³-hybridized carbons (Fsp3) is 0.297. The quantitative estimate of drug-likeness (QED) is 0.179. The first kappa shape index (κ1) is 31.2. The molecule has 5 heterocycles. The average molecular weight is 664 g/mol. The number of aryl methyl sites for hydroxylation is 2. The molecule has 4 aromatic heterocycles.